The summed E-state index contributed by atoms with van der Waals surface area (Å²) in [4.78, 5) is 101. The molecule has 0 radical (unpaired) electrons. The molecule has 0 saturated carbocycles. The van der Waals surface area contributed by atoms with Crippen molar-refractivity contribution in [3.8, 4) is 22.3 Å². The molecule has 0 spiro atoms. The van der Waals surface area contributed by atoms with Gasteiger partial charge in [0.2, 0.25) is 23.5 Å². The molecule has 0 bridgehead atoms. The first-order chi connectivity index (χ1) is 45.6. The first kappa shape index (κ1) is 74.9. The van der Waals surface area contributed by atoms with E-state index < -0.39 is 122 Å². The number of carboxylic acids is 1. The lowest BCUT2D eigenvalue weighted by Crippen LogP contribution is -2.68. The van der Waals surface area contributed by atoms with Crippen molar-refractivity contribution in [3.63, 3.8) is 0 Å². The summed E-state index contributed by atoms with van der Waals surface area (Å²) in [5.74, 6) is -6.50. The second-order valence-corrected chi connectivity index (χ2v) is 25.8. The number of benzene rings is 5. The van der Waals surface area contributed by atoms with Crippen molar-refractivity contribution >= 4 is 71.1 Å². The molecule has 2 aliphatic rings. The SMILES string of the molecule is CC(=O)N[C@@H]1[C@H]([C@H](O)[C@@H](O)CNC(=O)c2ccc(-c3ccccc3)cc2)O[C@@](OCCCSCCC(=O)NCc2ccc(CCC(=O)CCSCCCO[C@]3(C=O)C[C@H](O)[C@@H](NC(C)=O)[C@H]([C@H](O)[C@H](O)CNC(=O)c4ccc(-c5ccccc5)cc4)O3)cc2)(C(=O)O)C[C@H]1O. The molecule has 5 aromatic carbocycles. The van der Waals surface area contributed by atoms with Crippen LogP contribution in [0.4, 0.5) is 0 Å². The van der Waals surface area contributed by atoms with Crippen LogP contribution in [0.5, 0.6) is 0 Å². The lowest BCUT2D eigenvalue weighted by atomic mass is 9.88. The van der Waals surface area contributed by atoms with E-state index in [1.54, 1.807) is 48.5 Å². The maximum atomic E-state index is 13.0. The van der Waals surface area contributed by atoms with Crippen LogP contribution in [0.25, 0.3) is 22.3 Å². The average molecular weight is 1350 g/mol. The van der Waals surface area contributed by atoms with E-state index in [9.17, 15) is 74.1 Å². The number of aryl methyl sites for hydroxylation is 1. The number of nitrogens with one attached hydrogen (secondary N) is 5. The van der Waals surface area contributed by atoms with Crippen LogP contribution in [-0.2, 0) is 60.7 Å². The van der Waals surface area contributed by atoms with Crippen molar-refractivity contribution in [2.45, 2.75) is 144 Å². The normalized spacial score (nSPS) is 22.2. The van der Waals surface area contributed by atoms with Crippen molar-refractivity contribution in [1.29, 1.82) is 0 Å². The van der Waals surface area contributed by atoms with Gasteiger partial charge in [-0.3, -0.25) is 33.6 Å². The van der Waals surface area contributed by atoms with Gasteiger partial charge in [0.15, 0.2) is 6.29 Å². The molecule has 512 valence electrons. The minimum absolute atomic E-state index is 0.000470. The summed E-state index contributed by atoms with van der Waals surface area (Å²) in [6, 6.07) is 37.6. The van der Waals surface area contributed by atoms with Gasteiger partial charge in [-0.25, -0.2) is 4.79 Å². The van der Waals surface area contributed by atoms with E-state index >= 15 is 0 Å². The fourth-order valence-electron chi connectivity index (χ4n) is 10.9. The molecule has 95 heavy (non-hydrogen) atoms. The highest BCUT2D eigenvalue weighted by molar-refractivity contribution is 7.99. The van der Waals surface area contributed by atoms with E-state index in [2.05, 4.69) is 26.6 Å². The van der Waals surface area contributed by atoms with Crippen molar-refractivity contribution in [1.82, 2.24) is 26.6 Å². The summed E-state index contributed by atoms with van der Waals surface area (Å²) >= 11 is 2.94. The summed E-state index contributed by atoms with van der Waals surface area (Å²) in [6.07, 6.45) is -11.9. The topological polar surface area (TPSA) is 375 Å². The van der Waals surface area contributed by atoms with Crippen LogP contribution in [0.2, 0.25) is 0 Å². The molecule has 0 aromatic heterocycles. The Kier molecular flexibility index (Phi) is 29.3. The number of ether oxygens (including phenoxy) is 4. The van der Waals surface area contributed by atoms with Gasteiger partial charge >= 0.3 is 5.97 Å². The number of carbonyl (C=O) groups excluding carboxylic acids is 7. The van der Waals surface area contributed by atoms with Gasteiger partial charge in [0.25, 0.3) is 17.6 Å². The van der Waals surface area contributed by atoms with Gasteiger partial charge in [-0.15, -0.1) is 0 Å². The fourth-order valence-corrected chi connectivity index (χ4v) is 12.6. The second-order valence-electron chi connectivity index (χ2n) is 23.3. The zero-order chi connectivity index (χ0) is 68.5. The molecule has 0 aliphatic carbocycles. The van der Waals surface area contributed by atoms with Crippen LogP contribution in [0.3, 0.4) is 0 Å². The monoisotopic (exact) mass is 1350 g/mol. The zero-order valence-corrected chi connectivity index (χ0v) is 54.6. The number of hydrogen-bond acceptors (Lipinski definition) is 20. The van der Waals surface area contributed by atoms with Gasteiger partial charge < -0.3 is 81.3 Å². The molecule has 7 rings (SSSR count). The number of amides is 5. The highest BCUT2D eigenvalue weighted by Crippen LogP contribution is 2.35. The Hall–Kier alpha value is -7.44. The van der Waals surface area contributed by atoms with Gasteiger partial charge in [0, 0.05) is 88.2 Å². The molecule has 0 unspecified atom stereocenters. The molecule has 5 aromatic rings. The molecule has 2 aliphatic heterocycles. The fraction of sp³-hybridized carbons (Fsp3) is 0.449. The van der Waals surface area contributed by atoms with E-state index in [-0.39, 0.29) is 49.9 Å². The van der Waals surface area contributed by atoms with Crippen LogP contribution in [0.1, 0.15) is 90.6 Å². The molecule has 2 saturated heterocycles. The molecule has 12 N–H and O–H groups in total. The maximum Gasteiger partial charge on any atom is 0.364 e. The first-order valence-corrected chi connectivity index (χ1v) is 33.8. The Morgan fingerprint density at radius 1 is 0.558 bits per heavy atom. The molecular weight excluding hydrogens is 1270 g/mol. The van der Waals surface area contributed by atoms with Gasteiger partial charge in [-0.05, 0) is 88.4 Å². The molecule has 2 heterocycles. The quantitative estimate of drug-likeness (QED) is 0.0200. The number of Topliss-reactive ketones (excluding diaryl/α,β-unsaturated/α-hetero) is 1. The minimum Gasteiger partial charge on any atom is -0.477 e. The Labute approximate surface area is 559 Å². The lowest BCUT2D eigenvalue weighted by molar-refractivity contribution is -0.310. The Balaban J connectivity index is 0.744. The molecule has 12 atom stereocenters. The molecular formula is C69H85N5O19S2. The third-order valence-electron chi connectivity index (χ3n) is 16.1. The van der Waals surface area contributed by atoms with Crippen molar-refractivity contribution in [3.05, 3.63) is 156 Å². The van der Waals surface area contributed by atoms with E-state index in [1.807, 2.05) is 84.9 Å². The predicted octanol–water partition coefficient (Wildman–Crippen LogP) is 3.49. The number of thioether (sulfide) groups is 2. The number of aliphatic hydroxyl groups is 6. The van der Waals surface area contributed by atoms with E-state index in [4.69, 9.17) is 18.9 Å². The second kappa shape index (κ2) is 37.2. The Morgan fingerprint density at radius 2 is 1.01 bits per heavy atom. The van der Waals surface area contributed by atoms with Crippen molar-refractivity contribution in [2.24, 2.45) is 0 Å². The number of aliphatic carboxylic acids is 1. The third-order valence-corrected chi connectivity index (χ3v) is 18.2. The first-order valence-electron chi connectivity index (χ1n) is 31.4. The van der Waals surface area contributed by atoms with Gasteiger partial charge in [-0.1, -0.05) is 109 Å². The van der Waals surface area contributed by atoms with Crippen LogP contribution in [0, 0.1) is 0 Å². The van der Waals surface area contributed by atoms with Crippen LogP contribution < -0.4 is 26.6 Å². The summed E-state index contributed by atoms with van der Waals surface area (Å²) in [6.45, 7) is 1.55. The molecule has 2 fully saturated rings. The standard InChI is InChI=1S/C69H85N5O19S2/c1-43(76)73-59-54(79)37-68(42-75,92-63(59)61(84)56(81)40-71-65(86)51-24-20-49(21-25-51)47-11-5-3-6-12-47)90-31-9-33-94-35-29-53(78)28-19-45-15-17-46(18-16-45)39-70-58(83)30-36-95-34-10-32-91-69(67(88)89)38-55(80)60(74-44(2)77)64(93-69)62(85)57(82)41-72-66(87)52-26-22-50(23-27-52)48-13-7-4-8-14-48/h3-8,11-18,20-27,42,54-57,59-64,79-82,84-85H,9-10,19,28-41H2,1-2H3,(H,70,83)(H,71,86)(H,72,87)(H,73,76)(H,74,77)(H,88,89)/t54-,55+,56+,57-,59+,60-,61+,62+,63+,64+,68+,69+/m0/s1. The van der Waals surface area contributed by atoms with E-state index in [0.717, 1.165) is 40.3 Å². The van der Waals surface area contributed by atoms with Crippen molar-refractivity contribution in [2.75, 3.05) is 49.3 Å². The van der Waals surface area contributed by atoms with E-state index in [0.29, 0.717) is 67.0 Å². The number of ketones is 1. The maximum absolute atomic E-state index is 13.0. The van der Waals surface area contributed by atoms with Gasteiger partial charge in [0.1, 0.15) is 30.2 Å². The average Bonchev–Trinajstić information content (AvgIpc) is 0.781. The molecule has 24 nitrogen and oxygen atoms in total. The largest absolute Gasteiger partial charge is 0.477 e. The zero-order valence-electron chi connectivity index (χ0n) is 52.9. The molecule has 26 heteroatoms. The number of aliphatic hydroxyl groups excluding tert-OH is 6. The number of carbonyl (C=O) groups is 8. The summed E-state index contributed by atoms with van der Waals surface area (Å²) in [5.41, 5.74) is 6.09. The smallest absolute Gasteiger partial charge is 0.364 e. The van der Waals surface area contributed by atoms with Crippen LogP contribution in [-0.4, -0.2) is 205 Å². The summed E-state index contributed by atoms with van der Waals surface area (Å²) < 4.78 is 23.4. The minimum atomic E-state index is -2.47. The van der Waals surface area contributed by atoms with Gasteiger partial charge in [0.05, 0.1) is 49.7 Å². The summed E-state index contributed by atoms with van der Waals surface area (Å²) in [5, 5.41) is 90.2. The van der Waals surface area contributed by atoms with Crippen LogP contribution >= 0.6 is 23.5 Å². The number of carboxylic acid groups (broad SMARTS) is 1. The molecule has 5 amide bonds. The van der Waals surface area contributed by atoms with Gasteiger partial charge in [-0.2, -0.15) is 23.5 Å². The number of hydrogen-bond donors (Lipinski definition) is 12. The van der Waals surface area contributed by atoms with Crippen molar-refractivity contribution < 1.29 is 93.0 Å². The van der Waals surface area contributed by atoms with E-state index in [1.165, 1.54) is 30.4 Å². The number of aldehydes is 1. The Bertz CT molecular complexity index is 3300. The highest BCUT2D eigenvalue weighted by Gasteiger charge is 2.56. The highest BCUT2D eigenvalue weighted by atomic mass is 32.2. The summed E-state index contributed by atoms with van der Waals surface area (Å²) in [7, 11) is 0. The Morgan fingerprint density at radius 3 is 1.49 bits per heavy atom. The number of rotatable bonds is 37. The third kappa shape index (κ3) is 22.6. The van der Waals surface area contributed by atoms with Crippen LogP contribution in [0.15, 0.2) is 133 Å². The lowest BCUT2D eigenvalue weighted by Gasteiger charge is -2.46. The predicted molar refractivity (Wildman–Crippen MR) is 354 cm³/mol.